The molecule has 0 aromatic heterocycles. The molecule has 0 aliphatic heterocycles. The molecule has 1 N–H and O–H groups in total. The van der Waals surface area contributed by atoms with Gasteiger partial charge in [0.05, 0.1) is 20.3 Å². The fourth-order valence-electron chi connectivity index (χ4n) is 0.864. The van der Waals surface area contributed by atoms with Crippen LogP contribution < -0.4 is 4.74 Å². The average Bonchev–Trinajstić information content (AvgIpc) is 2.31. The van der Waals surface area contributed by atoms with Gasteiger partial charge in [-0.1, -0.05) is 24.3 Å². The second-order valence-corrected chi connectivity index (χ2v) is 2.79. The predicted molar refractivity (Wildman–Crippen MR) is 65.9 cm³/mol. The van der Waals surface area contributed by atoms with Crippen molar-refractivity contribution >= 4 is 0 Å². The van der Waals surface area contributed by atoms with Gasteiger partial charge < -0.3 is 14.6 Å². The number of aromatic hydroxyl groups is 1. The Kier molecular flexibility index (Phi) is 8.74. The fourth-order valence-corrected chi connectivity index (χ4v) is 0.864. The van der Waals surface area contributed by atoms with Crippen LogP contribution in [0, 0.1) is 0 Å². The lowest BCUT2D eigenvalue weighted by Gasteiger charge is -1.99. The van der Waals surface area contributed by atoms with Crippen molar-refractivity contribution in [3.05, 3.63) is 49.6 Å². The van der Waals surface area contributed by atoms with Crippen LogP contribution in [0.4, 0.5) is 0 Å². The quantitative estimate of drug-likeness (QED) is 0.615. The molecule has 1 aromatic rings. The molecule has 0 unspecified atom stereocenters. The van der Waals surface area contributed by atoms with Gasteiger partial charge in [0.2, 0.25) is 0 Å². The van der Waals surface area contributed by atoms with Crippen molar-refractivity contribution in [1.82, 2.24) is 0 Å². The van der Waals surface area contributed by atoms with E-state index in [9.17, 15) is 0 Å². The van der Waals surface area contributed by atoms with Gasteiger partial charge in [0.1, 0.15) is 0 Å². The SMILES string of the molecule is C=CCOCC=C.COc1ccccc1O. The van der Waals surface area contributed by atoms with Crippen LogP contribution in [0.1, 0.15) is 0 Å². The smallest absolute Gasteiger partial charge is 0.160 e. The Morgan fingerprint density at radius 1 is 1.19 bits per heavy atom. The largest absolute Gasteiger partial charge is 0.504 e. The standard InChI is InChI=1S/C7H8O2.C6H10O/c1-9-7-5-3-2-4-6(7)8;1-3-5-7-6-4-2/h2-5,8H,1H3;3-4H,1-2,5-6H2. The summed E-state index contributed by atoms with van der Waals surface area (Å²) in [6.07, 6.45) is 3.42. The summed E-state index contributed by atoms with van der Waals surface area (Å²) in [5.74, 6) is 0.692. The summed E-state index contributed by atoms with van der Waals surface area (Å²) in [5, 5.41) is 8.99. The van der Waals surface area contributed by atoms with E-state index >= 15 is 0 Å². The van der Waals surface area contributed by atoms with Crippen molar-refractivity contribution in [2.24, 2.45) is 0 Å². The molecule has 16 heavy (non-hydrogen) atoms. The lowest BCUT2D eigenvalue weighted by Crippen LogP contribution is -1.87. The molecule has 0 saturated carbocycles. The summed E-state index contributed by atoms with van der Waals surface area (Å²) in [7, 11) is 1.52. The number of methoxy groups -OCH3 is 1. The van der Waals surface area contributed by atoms with Gasteiger partial charge in [-0.05, 0) is 12.1 Å². The lowest BCUT2D eigenvalue weighted by atomic mass is 10.3. The van der Waals surface area contributed by atoms with Gasteiger partial charge in [-0.2, -0.15) is 0 Å². The van der Waals surface area contributed by atoms with E-state index < -0.39 is 0 Å². The topological polar surface area (TPSA) is 38.7 Å². The van der Waals surface area contributed by atoms with Crippen molar-refractivity contribution in [2.45, 2.75) is 0 Å². The van der Waals surface area contributed by atoms with E-state index in [1.807, 2.05) is 0 Å². The first kappa shape index (κ1) is 14.3. The summed E-state index contributed by atoms with van der Waals surface area (Å²) in [6.45, 7) is 8.18. The monoisotopic (exact) mass is 222 g/mol. The molecule has 0 saturated heterocycles. The molecule has 0 aliphatic carbocycles. The van der Waals surface area contributed by atoms with E-state index in [1.54, 1.807) is 36.4 Å². The third kappa shape index (κ3) is 6.68. The maximum Gasteiger partial charge on any atom is 0.160 e. The predicted octanol–water partition coefficient (Wildman–Crippen LogP) is 2.78. The number of benzene rings is 1. The van der Waals surface area contributed by atoms with E-state index in [0.29, 0.717) is 19.0 Å². The molecule has 0 spiro atoms. The molecular weight excluding hydrogens is 204 g/mol. The highest BCUT2D eigenvalue weighted by Crippen LogP contribution is 2.22. The van der Waals surface area contributed by atoms with Gasteiger partial charge >= 0.3 is 0 Å². The zero-order valence-electron chi connectivity index (χ0n) is 9.56. The highest BCUT2D eigenvalue weighted by atomic mass is 16.5. The molecule has 0 bridgehead atoms. The highest BCUT2D eigenvalue weighted by molar-refractivity contribution is 5.37. The zero-order chi connectivity index (χ0) is 12.2. The number of phenolic OH excluding ortho intramolecular Hbond substituents is 1. The summed E-state index contributed by atoms with van der Waals surface area (Å²) >= 11 is 0. The van der Waals surface area contributed by atoms with Crippen LogP contribution in [0.15, 0.2) is 49.6 Å². The number of rotatable bonds is 5. The molecule has 0 heterocycles. The summed E-state index contributed by atoms with van der Waals surface area (Å²) in [5.41, 5.74) is 0. The fraction of sp³-hybridized carbons (Fsp3) is 0.231. The molecular formula is C13H18O3. The van der Waals surface area contributed by atoms with Gasteiger partial charge in [0.15, 0.2) is 11.5 Å². The van der Waals surface area contributed by atoms with Crippen LogP contribution in [-0.4, -0.2) is 25.4 Å². The van der Waals surface area contributed by atoms with Crippen LogP contribution in [0.2, 0.25) is 0 Å². The van der Waals surface area contributed by atoms with E-state index in [1.165, 1.54) is 7.11 Å². The second kappa shape index (κ2) is 9.80. The third-order valence-electron chi connectivity index (χ3n) is 1.56. The Hall–Kier alpha value is -1.74. The van der Waals surface area contributed by atoms with Crippen LogP contribution in [-0.2, 0) is 4.74 Å². The molecule has 0 aliphatic rings. The minimum Gasteiger partial charge on any atom is -0.504 e. The van der Waals surface area contributed by atoms with E-state index in [4.69, 9.17) is 14.6 Å². The van der Waals surface area contributed by atoms with Gasteiger partial charge in [-0.3, -0.25) is 0 Å². The number of phenols is 1. The first-order chi connectivity index (χ1) is 7.76. The summed E-state index contributed by atoms with van der Waals surface area (Å²) < 4.78 is 9.69. The molecule has 88 valence electrons. The van der Waals surface area contributed by atoms with Crippen molar-refractivity contribution in [3.8, 4) is 11.5 Å². The number of para-hydroxylation sites is 2. The first-order valence-corrected chi connectivity index (χ1v) is 4.87. The van der Waals surface area contributed by atoms with Gasteiger partial charge in [0.25, 0.3) is 0 Å². The summed E-state index contributed by atoms with van der Waals surface area (Å²) in [6, 6.07) is 6.84. The van der Waals surface area contributed by atoms with Crippen LogP contribution in [0.25, 0.3) is 0 Å². The number of hydrogen-bond donors (Lipinski definition) is 1. The molecule has 0 fully saturated rings. The maximum absolute atomic E-state index is 8.99. The lowest BCUT2D eigenvalue weighted by molar-refractivity contribution is 0.194. The van der Waals surface area contributed by atoms with Gasteiger partial charge in [-0.25, -0.2) is 0 Å². The second-order valence-electron chi connectivity index (χ2n) is 2.79. The Morgan fingerprint density at radius 3 is 2.12 bits per heavy atom. The van der Waals surface area contributed by atoms with Crippen molar-refractivity contribution < 1.29 is 14.6 Å². The third-order valence-corrected chi connectivity index (χ3v) is 1.56. The van der Waals surface area contributed by atoms with Crippen LogP contribution >= 0.6 is 0 Å². The molecule has 0 amide bonds. The normalized spacial score (nSPS) is 8.56. The van der Waals surface area contributed by atoms with Crippen LogP contribution in [0.5, 0.6) is 11.5 Å². The Labute approximate surface area is 96.6 Å². The Balaban J connectivity index is 0.000000293. The van der Waals surface area contributed by atoms with E-state index in [2.05, 4.69) is 13.2 Å². The number of ether oxygens (including phenoxy) is 2. The molecule has 0 atom stereocenters. The summed E-state index contributed by atoms with van der Waals surface area (Å²) in [4.78, 5) is 0. The van der Waals surface area contributed by atoms with E-state index in [0.717, 1.165) is 0 Å². The molecule has 3 nitrogen and oxygen atoms in total. The maximum atomic E-state index is 8.99. The first-order valence-electron chi connectivity index (χ1n) is 4.87. The minimum atomic E-state index is 0.181. The minimum absolute atomic E-state index is 0.181. The number of hydrogen-bond acceptors (Lipinski definition) is 3. The zero-order valence-corrected chi connectivity index (χ0v) is 9.56. The Bertz CT molecular complexity index is 300. The molecule has 0 radical (unpaired) electrons. The Morgan fingerprint density at radius 2 is 1.75 bits per heavy atom. The molecule has 3 heteroatoms. The highest BCUT2D eigenvalue weighted by Gasteiger charge is 1.94. The van der Waals surface area contributed by atoms with Crippen LogP contribution in [0.3, 0.4) is 0 Å². The van der Waals surface area contributed by atoms with Gasteiger partial charge in [0, 0.05) is 0 Å². The van der Waals surface area contributed by atoms with Crippen molar-refractivity contribution in [2.75, 3.05) is 20.3 Å². The molecule has 1 aromatic carbocycles. The average molecular weight is 222 g/mol. The van der Waals surface area contributed by atoms with E-state index in [-0.39, 0.29) is 5.75 Å². The van der Waals surface area contributed by atoms with Gasteiger partial charge in [-0.15, -0.1) is 13.2 Å². The van der Waals surface area contributed by atoms with Crippen molar-refractivity contribution in [3.63, 3.8) is 0 Å². The van der Waals surface area contributed by atoms with Crippen molar-refractivity contribution in [1.29, 1.82) is 0 Å². The molecule has 1 rings (SSSR count).